The van der Waals surface area contributed by atoms with Crippen LogP contribution in [0, 0.1) is 5.82 Å². The van der Waals surface area contributed by atoms with E-state index < -0.39 is 0 Å². The zero-order valence-electron chi connectivity index (χ0n) is 12.5. The maximum absolute atomic E-state index is 13.6. The van der Waals surface area contributed by atoms with Gasteiger partial charge in [-0.3, -0.25) is 0 Å². The molecule has 0 bridgehead atoms. The van der Waals surface area contributed by atoms with Crippen molar-refractivity contribution in [2.24, 2.45) is 10.7 Å². The van der Waals surface area contributed by atoms with Crippen LogP contribution in [0.5, 0.6) is 0 Å². The fourth-order valence-corrected chi connectivity index (χ4v) is 1.71. The number of nitrogens with zero attached hydrogens (tertiary/aromatic N) is 2. The number of rotatable bonds is 5. The highest BCUT2D eigenvalue weighted by atomic mass is 127. The van der Waals surface area contributed by atoms with E-state index in [1.165, 1.54) is 6.07 Å². The summed E-state index contributed by atoms with van der Waals surface area (Å²) in [5, 5.41) is 3.02. The number of hydrogen-bond acceptors (Lipinski definition) is 2. The van der Waals surface area contributed by atoms with Crippen LogP contribution in [0.3, 0.4) is 0 Å². The van der Waals surface area contributed by atoms with Crippen LogP contribution in [-0.4, -0.2) is 31.0 Å². The van der Waals surface area contributed by atoms with Gasteiger partial charge in [0.2, 0.25) is 0 Å². The Kier molecular flexibility index (Phi) is 8.71. The lowest BCUT2D eigenvalue weighted by Gasteiger charge is -2.12. The Balaban J connectivity index is 0.00000361. The van der Waals surface area contributed by atoms with Gasteiger partial charge in [0.05, 0.1) is 6.54 Å². The summed E-state index contributed by atoms with van der Waals surface area (Å²) in [5.74, 6) is 0.225. The smallest absolute Gasteiger partial charge is 0.189 e. The van der Waals surface area contributed by atoms with Crippen molar-refractivity contribution in [2.45, 2.75) is 33.0 Å². The van der Waals surface area contributed by atoms with Gasteiger partial charge in [-0.05, 0) is 45.6 Å². The van der Waals surface area contributed by atoms with Gasteiger partial charge in [0, 0.05) is 18.2 Å². The highest BCUT2D eigenvalue weighted by molar-refractivity contribution is 14.0. The minimum Gasteiger partial charge on any atom is -0.370 e. The van der Waals surface area contributed by atoms with Gasteiger partial charge < -0.3 is 16.0 Å². The van der Waals surface area contributed by atoms with Gasteiger partial charge in [-0.25, -0.2) is 9.38 Å². The summed E-state index contributed by atoms with van der Waals surface area (Å²) >= 11 is 0. The molecule has 0 fully saturated rings. The first kappa shape index (κ1) is 19.1. The van der Waals surface area contributed by atoms with Crippen molar-refractivity contribution >= 4 is 29.9 Å². The Hall–Kier alpha value is -0.890. The Morgan fingerprint density at radius 1 is 1.40 bits per heavy atom. The van der Waals surface area contributed by atoms with Gasteiger partial charge in [-0.1, -0.05) is 6.07 Å². The molecule has 20 heavy (non-hydrogen) atoms. The first-order chi connectivity index (χ1) is 8.88. The first-order valence-corrected chi connectivity index (χ1v) is 6.37. The number of hydrogen-bond donors (Lipinski definition) is 2. The van der Waals surface area contributed by atoms with Crippen LogP contribution in [-0.2, 0) is 13.1 Å². The number of aliphatic imine (C=N–C) groups is 1. The first-order valence-electron chi connectivity index (χ1n) is 6.37. The zero-order chi connectivity index (χ0) is 14.4. The highest BCUT2D eigenvalue weighted by Crippen LogP contribution is 2.13. The minimum absolute atomic E-state index is 0. The van der Waals surface area contributed by atoms with E-state index in [4.69, 9.17) is 5.73 Å². The third-order valence-corrected chi connectivity index (χ3v) is 2.47. The second-order valence-corrected chi connectivity index (χ2v) is 5.16. The van der Waals surface area contributed by atoms with E-state index in [9.17, 15) is 4.39 Å². The third kappa shape index (κ3) is 7.04. The topological polar surface area (TPSA) is 53.6 Å². The molecule has 0 amide bonds. The molecule has 3 N–H and O–H groups in total. The normalized spacial score (nSPS) is 11.7. The highest BCUT2D eigenvalue weighted by Gasteiger charge is 2.05. The molecule has 114 valence electrons. The number of halogens is 2. The number of nitrogens with one attached hydrogen (secondary N) is 1. The molecule has 0 spiro atoms. The van der Waals surface area contributed by atoms with Crippen LogP contribution < -0.4 is 11.1 Å². The molecule has 0 saturated heterocycles. The van der Waals surface area contributed by atoms with E-state index in [2.05, 4.69) is 10.3 Å². The molecule has 1 aromatic carbocycles. The molecule has 1 aromatic rings. The fourth-order valence-electron chi connectivity index (χ4n) is 1.71. The molecular formula is C14H24FIN4. The Morgan fingerprint density at radius 3 is 2.60 bits per heavy atom. The van der Waals surface area contributed by atoms with Crippen molar-refractivity contribution in [3.05, 3.63) is 35.1 Å². The van der Waals surface area contributed by atoms with E-state index >= 15 is 0 Å². The van der Waals surface area contributed by atoms with E-state index in [0.717, 1.165) is 5.56 Å². The quantitative estimate of drug-likeness (QED) is 0.458. The van der Waals surface area contributed by atoms with Crippen LogP contribution in [0.1, 0.15) is 25.0 Å². The Labute approximate surface area is 137 Å². The van der Waals surface area contributed by atoms with E-state index in [1.807, 2.05) is 38.9 Å². The summed E-state index contributed by atoms with van der Waals surface area (Å²) in [6.07, 6.45) is 0. The second-order valence-electron chi connectivity index (χ2n) is 5.16. The zero-order valence-corrected chi connectivity index (χ0v) is 14.8. The average molecular weight is 394 g/mol. The number of nitrogens with two attached hydrogens (primary N) is 1. The molecule has 1 rings (SSSR count). The Bertz CT molecular complexity index is 447. The molecule has 0 unspecified atom stereocenters. The lowest BCUT2D eigenvalue weighted by Crippen LogP contribution is -2.36. The largest absolute Gasteiger partial charge is 0.370 e. The van der Waals surface area contributed by atoms with Gasteiger partial charge in [-0.15, -0.1) is 24.0 Å². The van der Waals surface area contributed by atoms with Gasteiger partial charge in [-0.2, -0.15) is 0 Å². The minimum atomic E-state index is -0.185. The van der Waals surface area contributed by atoms with Gasteiger partial charge in [0.1, 0.15) is 5.82 Å². The monoisotopic (exact) mass is 394 g/mol. The van der Waals surface area contributed by atoms with Crippen LogP contribution in [0.2, 0.25) is 0 Å². The van der Waals surface area contributed by atoms with Crippen molar-refractivity contribution in [3.8, 4) is 0 Å². The number of guanidine groups is 1. The summed E-state index contributed by atoms with van der Waals surface area (Å²) in [5.41, 5.74) is 7.35. The molecule has 0 saturated carbocycles. The predicted molar refractivity (Wildman–Crippen MR) is 92.8 cm³/mol. The van der Waals surface area contributed by atoms with Crippen LogP contribution in [0.25, 0.3) is 0 Å². The predicted octanol–water partition coefficient (Wildman–Crippen LogP) is 2.32. The lowest BCUT2D eigenvalue weighted by molar-refractivity contribution is 0.392. The molecule has 6 heteroatoms. The maximum Gasteiger partial charge on any atom is 0.189 e. The molecule has 0 aliphatic rings. The van der Waals surface area contributed by atoms with Crippen molar-refractivity contribution in [1.82, 2.24) is 10.2 Å². The fraction of sp³-hybridized carbons (Fsp3) is 0.500. The molecule has 0 atom stereocenters. The van der Waals surface area contributed by atoms with Crippen LogP contribution in [0.15, 0.2) is 23.2 Å². The molecule has 0 aliphatic heterocycles. The second kappa shape index (κ2) is 9.12. The summed E-state index contributed by atoms with van der Waals surface area (Å²) < 4.78 is 13.6. The standard InChI is InChI=1S/C14H23FN4.HI/c1-10(2)18-14(16)17-8-11-5-6-13(15)12(7-11)9-19(3)4;/h5-7,10H,8-9H2,1-4H3,(H3,16,17,18);1H. The summed E-state index contributed by atoms with van der Waals surface area (Å²) in [6.45, 7) is 5.01. The van der Waals surface area contributed by atoms with E-state index in [-0.39, 0.29) is 35.8 Å². The molecule has 0 aromatic heterocycles. The summed E-state index contributed by atoms with van der Waals surface area (Å²) in [6, 6.07) is 5.30. The maximum atomic E-state index is 13.6. The van der Waals surface area contributed by atoms with Gasteiger partial charge in [0.15, 0.2) is 5.96 Å². The average Bonchev–Trinajstić information content (AvgIpc) is 2.28. The molecule has 4 nitrogen and oxygen atoms in total. The summed E-state index contributed by atoms with van der Waals surface area (Å²) in [7, 11) is 3.82. The van der Waals surface area contributed by atoms with Crippen LogP contribution in [0.4, 0.5) is 4.39 Å². The van der Waals surface area contributed by atoms with Gasteiger partial charge >= 0.3 is 0 Å². The van der Waals surface area contributed by atoms with E-state index in [0.29, 0.717) is 24.6 Å². The van der Waals surface area contributed by atoms with Crippen molar-refractivity contribution in [1.29, 1.82) is 0 Å². The van der Waals surface area contributed by atoms with Crippen molar-refractivity contribution in [2.75, 3.05) is 14.1 Å². The molecular weight excluding hydrogens is 370 g/mol. The molecule has 0 heterocycles. The SMILES string of the molecule is CC(C)NC(N)=NCc1ccc(F)c(CN(C)C)c1.I. The molecule has 0 aliphatic carbocycles. The third-order valence-electron chi connectivity index (χ3n) is 2.47. The molecule has 0 radical (unpaired) electrons. The summed E-state index contributed by atoms with van der Waals surface area (Å²) in [4.78, 5) is 6.16. The van der Waals surface area contributed by atoms with Gasteiger partial charge in [0.25, 0.3) is 0 Å². The number of benzene rings is 1. The van der Waals surface area contributed by atoms with E-state index in [1.54, 1.807) is 6.07 Å². The van der Waals surface area contributed by atoms with Crippen molar-refractivity contribution in [3.63, 3.8) is 0 Å². The lowest BCUT2D eigenvalue weighted by atomic mass is 10.1. The Morgan fingerprint density at radius 2 is 2.05 bits per heavy atom. The van der Waals surface area contributed by atoms with Crippen molar-refractivity contribution < 1.29 is 4.39 Å². The van der Waals surface area contributed by atoms with Crippen LogP contribution >= 0.6 is 24.0 Å².